The minimum atomic E-state index is -0.223. The molecule has 1 saturated heterocycles. The molecule has 4 N–H and O–H groups in total. The van der Waals surface area contributed by atoms with Gasteiger partial charge in [0.1, 0.15) is 0 Å². The topological polar surface area (TPSA) is 78.6 Å². The van der Waals surface area contributed by atoms with E-state index < -0.39 is 0 Å². The Labute approximate surface area is 126 Å². The molecule has 0 saturated carbocycles. The maximum atomic E-state index is 11.9. The van der Waals surface area contributed by atoms with Crippen LogP contribution in [0.4, 0.5) is 11.4 Å². The molecule has 0 spiro atoms. The minimum absolute atomic E-state index is 0.0123. The third-order valence-corrected chi connectivity index (χ3v) is 4.14. The first-order valence-electron chi connectivity index (χ1n) is 7.60. The first kappa shape index (κ1) is 15.8. The number of likely N-dealkylation sites (tertiary alicyclic amines) is 1. The number of hydrogen-bond acceptors (Lipinski definition) is 4. The third kappa shape index (κ3) is 5.02. The van der Waals surface area contributed by atoms with Crippen molar-refractivity contribution in [2.45, 2.75) is 32.3 Å². The third-order valence-electron chi connectivity index (χ3n) is 4.14. The first-order chi connectivity index (χ1) is 10.0. The Morgan fingerprint density at radius 1 is 1.48 bits per heavy atom. The Hall–Kier alpha value is -1.59. The molecule has 0 aromatic heterocycles. The number of hydrogen-bond donors (Lipinski definition) is 3. The second-order valence-electron chi connectivity index (χ2n) is 5.84. The Bertz CT molecular complexity index is 468. The molecule has 21 heavy (non-hydrogen) atoms. The van der Waals surface area contributed by atoms with Crippen molar-refractivity contribution in [1.82, 2.24) is 4.90 Å². The van der Waals surface area contributed by atoms with E-state index in [9.17, 15) is 9.90 Å². The Balaban J connectivity index is 1.70. The van der Waals surface area contributed by atoms with Crippen LogP contribution < -0.4 is 11.1 Å². The zero-order valence-electron chi connectivity index (χ0n) is 12.6. The predicted molar refractivity (Wildman–Crippen MR) is 84.9 cm³/mol. The van der Waals surface area contributed by atoms with Crippen molar-refractivity contribution < 1.29 is 9.90 Å². The molecule has 0 bridgehead atoms. The molecule has 1 unspecified atom stereocenters. The van der Waals surface area contributed by atoms with Gasteiger partial charge in [-0.3, -0.25) is 4.79 Å². The SMILES string of the molecule is CC(O)C1CCN(CCC(=O)Nc2cccc(N)c2)CC1. The second-order valence-corrected chi connectivity index (χ2v) is 5.84. The summed E-state index contributed by atoms with van der Waals surface area (Å²) in [6.45, 7) is 4.54. The fraction of sp³-hybridized carbons (Fsp3) is 0.562. The molecule has 1 heterocycles. The van der Waals surface area contributed by atoms with E-state index in [1.807, 2.05) is 19.1 Å². The molecule has 1 aromatic carbocycles. The van der Waals surface area contributed by atoms with Gasteiger partial charge in [0.25, 0.3) is 0 Å². The lowest BCUT2D eigenvalue weighted by Crippen LogP contribution is -2.38. The molecule has 2 rings (SSSR count). The highest BCUT2D eigenvalue weighted by atomic mass is 16.3. The fourth-order valence-corrected chi connectivity index (χ4v) is 2.76. The van der Waals surface area contributed by atoms with Crippen LogP contribution in [0.15, 0.2) is 24.3 Å². The van der Waals surface area contributed by atoms with Gasteiger partial charge >= 0.3 is 0 Å². The molecule has 1 aliphatic heterocycles. The molecule has 1 amide bonds. The minimum Gasteiger partial charge on any atom is -0.399 e. The number of aliphatic hydroxyl groups excluding tert-OH is 1. The number of benzene rings is 1. The van der Waals surface area contributed by atoms with Crippen molar-refractivity contribution in [3.05, 3.63) is 24.3 Å². The number of anilines is 2. The van der Waals surface area contributed by atoms with Gasteiger partial charge in [-0.15, -0.1) is 0 Å². The van der Waals surface area contributed by atoms with E-state index in [4.69, 9.17) is 5.73 Å². The Morgan fingerprint density at radius 3 is 2.81 bits per heavy atom. The van der Waals surface area contributed by atoms with Crippen LogP contribution in [0.1, 0.15) is 26.2 Å². The van der Waals surface area contributed by atoms with E-state index in [0.29, 0.717) is 18.0 Å². The maximum Gasteiger partial charge on any atom is 0.225 e. The number of nitrogens with two attached hydrogens (primary N) is 1. The Morgan fingerprint density at radius 2 is 2.19 bits per heavy atom. The van der Waals surface area contributed by atoms with Crippen molar-refractivity contribution in [2.24, 2.45) is 5.92 Å². The lowest BCUT2D eigenvalue weighted by molar-refractivity contribution is -0.116. The number of amides is 1. The number of piperidine rings is 1. The molecule has 116 valence electrons. The van der Waals surface area contributed by atoms with Gasteiger partial charge in [-0.2, -0.15) is 0 Å². The lowest BCUT2D eigenvalue weighted by atomic mass is 9.92. The van der Waals surface area contributed by atoms with Gasteiger partial charge in [0.2, 0.25) is 5.91 Å². The van der Waals surface area contributed by atoms with Gasteiger partial charge in [0.15, 0.2) is 0 Å². The number of nitrogens with zero attached hydrogens (tertiary/aromatic N) is 1. The fourth-order valence-electron chi connectivity index (χ4n) is 2.76. The van der Waals surface area contributed by atoms with Crippen molar-refractivity contribution in [3.8, 4) is 0 Å². The normalized spacial score (nSPS) is 18.4. The zero-order valence-corrected chi connectivity index (χ0v) is 12.6. The van der Waals surface area contributed by atoms with E-state index in [-0.39, 0.29) is 12.0 Å². The summed E-state index contributed by atoms with van der Waals surface area (Å²) in [5.41, 5.74) is 7.07. The highest BCUT2D eigenvalue weighted by Crippen LogP contribution is 2.20. The summed E-state index contributed by atoms with van der Waals surface area (Å²) in [6.07, 6.45) is 2.27. The summed E-state index contributed by atoms with van der Waals surface area (Å²) in [5.74, 6) is 0.417. The van der Waals surface area contributed by atoms with Crippen molar-refractivity contribution >= 4 is 17.3 Å². The molecule has 0 radical (unpaired) electrons. The summed E-state index contributed by atoms with van der Waals surface area (Å²) in [4.78, 5) is 14.2. The van der Waals surface area contributed by atoms with Gasteiger partial charge in [0, 0.05) is 24.3 Å². The van der Waals surface area contributed by atoms with Gasteiger partial charge in [-0.05, 0) is 57.0 Å². The van der Waals surface area contributed by atoms with Crippen LogP contribution in [0.2, 0.25) is 0 Å². The number of nitrogens with one attached hydrogen (secondary N) is 1. The van der Waals surface area contributed by atoms with Crippen LogP contribution in [0.25, 0.3) is 0 Å². The van der Waals surface area contributed by atoms with E-state index in [0.717, 1.165) is 38.2 Å². The van der Waals surface area contributed by atoms with Gasteiger partial charge in [-0.25, -0.2) is 0 Å². The summed E-state index contributed by atoms with van der Waals surface area (Å²) >= 11 is 0. The summed E-state index contributed by atoms with van der Waals surface area (Å²) in [5, 5.41) is 12.4. The molecule has 0 aliphatic carbocycles. The van der Waals surface area contributed by atoms with Crippen molar-refractivity contribution in [3.63, 3.8) is 0 Å². The molecule has 1 fully saturated rings. The molecule has 5 heteroatoms. The standard InChI is InChI=1S/C16H25N3O2/c1-12(20)13-5-8-19(9-6-13)10-7-16(21)18-15-4-2-3-14(17)11-15/h2-4,11-13,20H,5-10,17H2,1H3,(H,18,21). The van der Waals surface area contributed by atoms with Crippen LogP contribution in [0.5, 0.6) is 0 Å². The van der Waals surface area contributed by atoms with E-state index in [2.05, 4.69) is 10.2 Å². The quantitative estimate of drug-likeness (QED) is 0.721. The zero-order chi connectivity index (χ0) is 15.2. The molecule has 5 nitrogen and oxygen atoms in total. The summed E-state index contributed by atoms with van der Waals surface area (Å²) in [6, 6.07) is 7.21. The molecular formula is C16H25N3O2. The van der Waals surface area contributed by atoms with E-state index in [1.54, 1.807) is 12.1 Å². The largest absolute Gasteiger partial charge is 0.399 e. The highest BCUT2D eigenvalue weighted by Gasteiger charge is 2.22. The Kier molecular flexibility index (Phi) is 5.59. The number of aliphatic hydroxyl groups is 1. The number of nitrogen functional groups attached to an aromatic ring is 1. The van der Waals surface area contributed by atoms with Crippen LogP contribution >= 0.6 is 0 Å². The van der Waals surface area contributed by atoms with Crippen LogP contribution in [0, 0.1) is 5.92 Å². The van der Waals surface area contributed by atoms with Gasteiger partial charge in [0.05, 0.1) is 6.10 Å². The second kappa shape index (κ2) is 7.43. The summed E-state index contributed by atoms with van der Waals surface area (Å²) < 4.78 is 0. The number of carbonyl (C=O) groups is 1. The smallest absolute Gasteiger partial charge is 0.225 e. The van der Waals surface area contributed by atoms with Crippen LogP contribution in [-0.4, -0.2) is 41.7 Å². The molecular weight excluding hydrogens is 266 g/mol. The van der Waals surface area contributed by atoms with Crippen molar-refractivity contribution in [1.29, 1.82) is 0 Å². The maximum absolute atomic E-state index is 11.9. The average molecular weight is 291 g/mol. The first-order valence-corrected chi connectivity index (χ1v) is 7.60. The average Bonchev–Trinajstić information content (AvgIpc) is 2.45. The lowest BCUT2D eigenvalue weighted by Gasteiger charge is -2.33. The molecule has 1 aromatic rings. The highest BCUT2D eigenvalue weighted by molar-refractivity contribution is 5.91. The van der Waals surface area contributed by atoms with Gasteiger partial charge < -0.3 is 21.1 Å². The van der Waals surface area contributed by atoms with Crippen molar-refractivity contribution in [2.75, 3.05) is 30.7 Å². The monoisotopic (exact) mass is 291 g/mol. The van der Waals surface area contributed by atoms with Crippen LogP contribution in [0.3, 0.4) is 0 Å². The van der Waals surface area contributed by atoms with Crippen LogP contribution in [-0.2, 0) is 4.79 Å². The molecule has 1 aliphatic rings. The number of rotatable bonds is 5. The van der Waals surface area contributed by atoms with E-state index >= 15 is 0 Å². The van der Waals surface area contributed by atoms with E-state index in [1.165, 1.54) is 0 Å². The van der Waals surface area contributed by atoms with Gasteiger partial charge in [-0.1, -0.05) is 6.07 Å². The molecule has 1 atom stereocenters. The summed E-state index contributed by atoms with van der Waals surface area (Å²) in [7, 11) is 0. The predicted octanol–water partition coefficient (Wildman–Crippen LogP) is 1.69. The number of carbonyl (C=O) groups excluding carboxylic acids is 1.